The van der Waals surface area contributed by atoms with Crippen LogP contribution in [0.1, 0.15) is 33.6 Å². The predicted molar refractivity (Wildman–Crippen MR) is 71.2 cm³/mol. The van der Waals surface area contributed by atoms with Gasteiger partial charge in [-0.05, 0) is 24.6 Å². The molecule has 1 rings (SSSR count). The first-order chi connectivity index (χ1) is 7.26. The van der Waals surface area contributed by atoms with Crippen molar-refractivity contribution in [1.82, 2.24) is 0 Å². The molecule has 0 N–H and O–H groups in total. The van der Waals surface area contributed by atoms with E-state index < -0.39 is 8.32 Å². The molecular weight excluding hydrogens is 216 g/mol. The minimum Gasteiger partial charge on any atom is -0.411 e. The maximum atomic E-state index is 6.32. The van der Waals surface area contributed by atoms with Gasteiger partial charge in [0.15, 0.2) is 8.32 Å². The van der Waals surface area contributed by atoms with Gasteiger partial charge in [-0.2, -0.15) is 0 Å². The van der Waals surface area contributed by atoms with Crippen LogP contribution in [0.2, 0.25) is 18.1 Å². The van der Waals surface area contributed by atoms with Crippen LogP contribution in [0, 0.1) is 0 Å². The van der Waals surface area contributed by atoms with Crippen molar-refractivity contribution in [2.24, 2.45) is 0 Å². The topological polar surface area (TPSA) is 18.5 Å². The molecule has 2 nitrogen and oxygen atoms in total. The first-order valence-corrected chi connectivity index (χ1v) is 9.07. The summed E-state index contributed by atoms with van der Waals surface area (Å²) in [5.74, 6) is 0. The van der Waals surface area contributed by atoms with Gasteiger partial charge < -0.3 is 9.16 Å². The minimum atomic E-state index is -1.63. The van der Waals surface area contributed by atoms with E-state index in [4.69, 9.17) is 9.16 Å². The van der Waals surface area contributed by atoms with Gasteiger partial charge in [0.2, 0.25) is 0 Å². The molecule has 16 heavy (non-hydrogen) atoms. The molecular formula is C13H26O2Si. The summed E-state index contributed by atoms with van der Waals surface area (Å²) in [6.45, 7) is 15.9. The zero-order valence-electron chi connectivity index (χ0n) is 11.4. The molecule has 1 heterocycles. The third-order valence-corrected chi connectivity index (χ3v) is 8.28. The van der Waals surface area contributed by atoms with Crippen molar-refractivity contribution in [3.05, 3.63) is 12.7 Å². The lowest BCUT2D eigenvalue weighted by atomic mass is 10.1. The zero-order valence-corrected chi connectivity index (χ0v) is 12.4. The molecule has 1 fully saturated rings. The second-order valence-electron chi connectivity index (χ2n) is 6.22. The van der Waals surface area contributed by atoms with E-state index in [0.29, 0.717) is 12.2 Å². The molecule has 0 aromatic carbocycles. The van der Waals surface area contributed by atoms with E-state index in [1.54, 1.807) is 0 Å². The van der Waals surface area contributed by atoms with Crippen molar-refractivity contribution >= 4 is 8.32 Å². The van der Waals surface area contributed by atoms with Crippen molar-refractivity contribution in [2.45, 2.75) is 64.0 Å². The van der Waals surface area contributed by atoms with Crippen LogP contribution in [0.5, 0.6) is 0 Å². The molecule has 0 aromatic heterocycles. The SMILES string of the molecule is C=CC[C@@H]1C[C@H](O[Si](C)(C)C(C)(C)C)CO1. The summed E-state index contributed by atoms with van der Waals surface area (Å²) in [6.07, 6.45) is 4.52. The molecule has 2 atom stereocenters. The van der Waals surface area contributed by atoms with Crippen LogP contribution >= 0.6 is 0 Å². The quantitative estimate of drug-likeness (QED) is 0.552. The van der Waals surface area contributed by atoms with E-state index in [0.717, 1.165) is 19.4 Å². The summed E-state index contributed by atoms with van der Waals surface area (Å²) in [5, 5.41) is 0.281. The predicted octanol–water partition coefficient (Wildman–Crippen LogP) is 3.74. The largest absolute Gasteiger partial charge is 0.411 e. The fourth-order valence-electron chi connectivity index (χ4n) is 1.70. The standard InChI is InChI=1S/C13H26O2Si/c1-7-8-11-9-12(10-14-11)15-16(5,6)13(2,3)4/h7,11-12H,1,8-10H2,2-6H3/t11-,12+/m1/s1. The normalized spacial score (nSPS) is 27.1. The molecule has 1 aliphatic rings. The molecule has 94 valence electrons. The summed E-state index contributed by atoms with van der Waals surface area (Å²) < 4.78 is 12.0. The van der Waals surface area contributed by atoms with Crippen molar-refractivity contribution in [3.8, 4) is 0 Å². The Hall–Kier alpha value is -0.123. The average molecular weight is 242 g/mol. The summed E-state index contributed by atoms with van der Waals surface area (Å²) >= 11 is 0. The Bertz CT molecular complexity index is 243. The number of rotatable bonds is 4. The highest BCUT2D eigenvalue weighted by atomic mass is 28.4. The van der Waals surface area contributed by atoms with Gasteiger partial charge in [-0.1, -0.05) is 26.8 Å². The van der Waals surface area contributed by atoms with E-state index >= 15 is 0 Å². The van der Waals surface area contributed by atoms with Gasteiger partial charge in [0, 0.05) is 6.42 Å². The van der Waals surface area contributed by atoms with Crippen LogP contribution in [-0.2, 0) is 9.16 Å². The maximum absolute atomic E-state index is 6.32. The van der Waals surface area contributed by atoms with Crippen molar-refractivity contribution < 1.29 is 9.16 Å². The molecule has 0 spiro atoms. The van der Waals surface area contributed by atoms with Gasteiger partial charge >= 0.3 is 0 Å². The van der Waals surface area contributed by atoms with Crippen LogP contribution in [0.4, 0.5) is 0 Å². The Balaban J connectivity index is 2.48. The Morgan fingerprint density at radius 1 is 1.44 bits per heavy atom. The van der Waals surface area contributed by atoms with E-state index in [9.17, 15) is 0 Å². The molecule has 0 amide bonds. The monoisotopic (exact) mass is 242 g/mol. The molecule has 1 saturated heterocycles. The molecule has 0 unspecified atom stereocenters. The lowest BCUT2D eigenvalue weighted by Crippen LogP contribution is -2.44. The van der Waals surface area contributed by atoms with Crippen LogP contribution in [0.3, 0.4) is 0 Å². The summed E-state index contributed by atoms with van der Waals surface area (Å²) in [5.41, 5.74) is 0. The Kier molecular flexibility index (Phi) is 4.38. The summed E-state index contributed by atoms with van der Waals surface area (Å²) in [7, 11) is -1.63. The van der Waals surface area contributed by atoms with Gasteiger partial charge in [-0.15, -0.1) is 6.58 Å². The Morgan fingerprint density at radius 2 is 2.06 bits per heavy atom. The van der Waals surface area contributed by atoms with Crippen LogP contribution < -0.4 is 0 Å². The van der Waals surface area contributed by atoms with Crippen LogP contribution in [-0.4, -0.2) is 27.1 Å². The second-order valence-corrected chi connectivity index (χ2v) is 11.0. The summed E-state index contributed by atoms with van der Waals surface area (Å²) in [4.78, 5) is 0. The van der Waals surface area contributed by atoms with Gasteiger partial charge in [-0.3, -0.25) is 0 Å². The molecule has 3 heteroatoms. The fourth-order valence-corrected chi connectivity index (χ4v) is 3.05. The second kappa shape index (κ2) is 5.03. The van der Waals surface area contributed by atoms with Gasteiger partial charge in [-0.25, -0.2) is 0 Å². The Labute approximate surface area is 101 Å². The smallest absolute Gasteiger partial charge is 0.192 e. The Morgan fingerprint density at radius 3 is 2.56 bits per heavy atom. The fraction of sp³-hybridized carbons (Fsp3) is 0.846. The summed E-state index contributed by atoms with van der Waals surface area (Å²) in [6, 6.07) is 0. The third kappa shape index (κ3) is 3.44. The minimum absolute atomic E-state index is 0.281. The van der Waals surface area contributed by atoms with Crippen molar-refractivity contribution in [3.63, 3.8) is 0 Å². The van der Waals surface area contributed by atoms with E-state index in [2.05, 4.69) is 40.4 Å². The van der Waals surface area contributed by atoms with Crippen LogP contribution in [0.15, 0.2) is 12.7 Å². The van der Waals surface area contributed by atoms with E-state index in [1.807, 2.05) is 6.08 Å². The third-order valence-electron chi connectivity index (χ3n) is 3.74. The van der Waals surface area contributed by atoms with Crippen molar-refractivity contribution in [2.75, 3.05) is 6.61 Å². The van der Waals surface area contributed by atoms with E-state index in [-0.39, 0.29) is 5.04 Å². The van der Waals surface area contributed by atoms with E-state index in [1.165, 1.54) is 0 Å². The number of hydrogen-bond acceptors (Lipinski definition) is 2. The number of ether oxygens (including phenoxy) is 1. The first-order valence-electron chi connectivity index (χ1n) is 6.16. The molecule has 0 aromatic rings. The van der Waals surface area contributed by atoms with Gasteiger partial charge in [0.1, 0.15) is 0 Å². The zero-order chi connectivity index (χ0) is 12.4. The lowest BCUT2D eigenvalue weighted by molar-refractivity contribution is 0.0926. The average Bonchev–Trinajstić information content (AvgIpc) is 2.50. The molecule has 0 radical (unpaired) electrons. The van der Waals surface area contributed by atoms with Crippen LogP contribution in [0.25, 0.3) is 0 Å². The highest BCUT2D eigenvalue weighted by Crippen LogP contribution is 2.38. The van der Waals surface area contributed by atoms with Crippen molar-refractivity contribution in [1.29, 1.82) is 0 Å². The molecule has 0 aliphatic carbocycles. The first kappa shape index (κ1) is 13.9. The maximum Gasteiger partial charge on any atom is 0.192 e. The van der Waals surface area contributed by atoms with Gasteiger partial charge in [0.05, 0.1) is 18.8 Å². The molecule has 0 bridgehead atoms. The highest BCUT2D eigenvalue weighted by Gasteiger charge is 2.40. The van der Waals surface area contributed by atoms with Gasteiger partial charge in [0.25, 0.3) is 0 Å². The lowest BCUT2D eigenvalue weighted by Gasteiger charge is -2.38. The number of hydrogen-bond donors (Lipinski definition) is 0. The molecule has 1 aliphatic heterocycles. The highest BCUT2D eigenvalue weighted by molar-refractivity contribution is 6.74. The molecule has 0 saturated carbocycles.